The molecule has 1 saturated heterocycles. The number of likely N-dealkylation sites (tertiary alicyclic amines) is 1. The Bertz CT molecular complexity index is 1150. The smallest absolute Gasteiger partial charge is 0.408 e. The van der Waals surface area contributed by atoms with Gasteiger partial charge >= 0.3 is 6.09 Å². The Kier molecular flexibility index (Phi) is 4.30. The third-order valence-corrected chi connectivity index (χ3v) is 6.27. The summed E-state index contributed by atoms with van der Waals surface area (Å²) in [5.41, 5.74) is 6.84. The van der Waals surface area contributed by atoms with Gasteiger partial charge in [0.15, 0.2) is 5.65 Å². The van der Waals surface area contributed by atoms with Crippen molar-refractivity contribution in [1.29, 1.82) is 0 Å². The third kappa shape index (κ3) is 2.89. The number of carbonyl (C=O) groups is 1. The Labute approximate surface area is 160 Å². The summed E-state index contributed by atoms with van der Waals surface area (Å²) in [6.45, 7) is 0.419. The van der Waals surface area contributed by atoms with Crippen LogP contribution in [-0.2, 0) is 10.0 Å². The Morgan fingerprint density at radius 1 is 1.25 bits per heavy atom. The van der Waals surface area contributed by atoms with Gasteiger partial charge in [0.05, 0.1) is 34.1 Å². The number of amides is 1. The average Bonchev–Trinajstić information content (AvgIpc) is 3.32. The summed E-state index contributed by atoms with van der Waals surface area (Å²) in [7, 11) is -3.93. The van der Waals surface area contributed by atoms with Gasteiger partial charge in [-0.3, -0.25) is 4.90 Å². The highest BCUT2D eigenvalue weighted by Crippen LogP contribution is 2.32. The molecule has 1 aromatic carbocycles. The van der Waals surface area contributed by atoms with Crippen LogP contribution in [0.3, 0.4) is 0 Å². The summed E-state index contributed by atoms with van der Waals surface area (Å²) < 4.78 is 26.7. The van der Waals surface area contributed by atoms with Crippen molar-refractivity contribution in [2.75, 3.05) is 17.6 Å². The summed E-state index contributed by atoms with van der Waals surface area (Å²) in [4.78, 5) is 16.9. The van der Waals surface area contributed by atoms with Crippen LogP contribution < -0.4 is 11.1 Å². The molecule has 4 rings (SSSR count). The number of rotatable bonds is 4. The maximum Gasteiger partial charge on any atom is 0.408 e. The number of hydrogen-bond acceptors (Lipinski definition) is 7. The second kappa shape index (κ2) is 6.68. The minimum Gasteiger partial charge on any atom is -0.465 e. The molecule has 11 heteroatoms. The minimum atomic E-state index is -3.93. The van der Waals surface area contributed by atoms with Crippen molar-refractivity contribution in [3.8, 4) is 0 Å². The average molecular weight is 402 g/mol. The third-order valence-electron chi connectivity index (χ3n) is 4.68. The van der Waals surface area contributed by atoms with Crippen LogP contribution >= 0.6 is 0 Å². The second-order valence-electron chi connectivity index (χ2n) is 6.41. The lowest BCUT2D eigenvalue weighted by Gasteiger charge is -2.24. The number of benzene rings is 1. The molecule has 0 spiro atoms. The van der Waals surface area contributed by atoms with Gasteiger partial charge in [-0.25, -0.2) is 9.78 Å². The fourth-order valence-electron chi connectivity index (χ4n) is 3.31. The van der Waals surface area contributed by atoms with Gasteiger partial charge in [0.1, 0.15) is 6.17 Å². The standard InChI is InChI=1S/C17H18N6O4S/c18-13-10-19-16-12(15(13)21-14-7-4-8-22(14)17(24)25)9-20-23(16)28(26,27)11-5-2-1-3-6-11/h1-3,5-6,9-10,14H,4,7-8,18H2,(H,19,21)(H,24,25). The zero-order valence-corrected chi connectivity index (χ0v) is 15.5. The fraction of sp³-hybridized carbons (Fsp3) is 0.235. The van der Waals surface area contributed by atoms with E-state index in [2.05, 4.69) is 15.4 Å². The van der Waals surface area contributed by atoms with Crippen molar-refractivity contribution < 1.29 is 18.3 Å². The number of nitrogens with zero attached hydrogens (tertiary/aromatic N) is 4. The van der Waals surface area contributed by atoms with E-state index in [4.69, 9.17) is 5.73 Å². The molecule has 1 amide bonds. The first kappa shape index (κ1) is 18.0. The number of fused-ring (bicyclic) bond motifs is 1. The molecule has 0 aliphatic carbocycles. The molecule has 4 N–H and O–H groups in total. The summed E-state index contributed by atoms with van der Waals surface area (Å²) in [5.74, 6) is 0. The number of pyridine rings is 1. The molecular weight excluding hydrogens is 384 g/mol. The van der Waals surface area contributed by atoms with E-state index in [-0.39, 0.29) is 16.2 Å². The largest absolute Gasteiger partial charge is 0.465 e. The summed E-state index contributed by atoms with van der Waals surface area (Å²) >= 11 is 0. The number of hydrogen-bond donors (Lipinski definition) is 3. The first-order valence-corrected chi connectivity index (χ1v) is 10.0. The molecular formula is C17H18N6O4S. The zero-order chi connectivity index (χ0) is 19.9. The van der Waals surface area contributed by atoms with Gasteiger partial charge in [-0.15, -0.1) is 4.09 Å². The van der Waals surface area contributed by atoms with E-state index in [0.29, 0.717) is 24.0 Å². The van der Waals surface area contributed by atoms with Crippen molar-refractivity contribution in [3.63, 3.8) is 0 Å². The van der Waals surface area contributed by atoms with Crippen molar-refractivity contribution in [2.24, 2.45) is 0 Å². The maximum absolute atomic E-state index is 12.9. The van der Waals surface area contributed by atoms with Gasteiger partial charge in [-0.2, -0.15) is 13.5 Å². The first-order valence-electron chi connectivity index (χ1n) is 8.58. The topological polar surface area (TPSA) is 143 Å². The number of nitrogen functional groups attached to an aromatic ring is 1. The van der Waals surface area contributed by atoms with E-state index in [1.807, 2.05) is 0 Å². The van der Waals surface area contributed by atoms with Gasteiger partial charge in [-0.1, -0.05) is 18.2 Å². The van der Waals surface area contributed by atoms with E-state index in [0.717, 1.165) is 10.5 Å². The lowest BCUT2D eigenvalue weighted by Crippen LogP contribution is -2.39. The molecule has 1 unspecified atom stereocenters. The van der Waals surface area contributed by atoms with Gasteiger partial charge in [-0.05, 0) is 25.0 Å². The summed E-state index contributed by atoms with van der Waals surface area (Å²) in [6, 6.07) is 7.91. The molecule has 0 radical (unpaired) electrons. The van der Waals surface area contributed by atoms with E-state index >= 15 is 0 Å². The number of nitrogens with two attached hydrogens (primary N) is 1. The van der Waals surface area contributed by atoms with Crippen molar-refractivity contribution in [1.82, 2.24) is 19.1 Å². The fourth-order valence-corrected chi connectivity index (χ4v) is 4.56. The predicted octanol–water partition coefficient (Wildman–Crippen LogP) is 1.76. The first-order chi connectivity index (χ1) is 13.4. The van der Waals surface area contributed by atoms with Crippen LogP contribution in [-0.4, -0.2) is 51.4 Å². The van der Waals surface area contributed by atoms with Crippen LogP contribution in [0.15, 0.2) is 47.6 Å². The van der Waals surface area contributed by atoms with E-state index < -0.39 is 22.3 Å². The Balaban J connectivity index is 1.78. The monoisotopic (exact) mass is 402 g/mol. The lowest BCUT2D eigenvalue weighted by atomic mass is 10.2. The molecule has 3 aromatic rings. The molecule has 1 aliphatic heterocycles. The van der Waals surface area contributed by atoms with Crippen molar-refractivity contribution in [3.05, 3.63) is 42.7 Å². The quantitative estimate of drug-likeness (QED) is 0.599. The lowest BCUT2D eigenvalue weighted by molar-refractivity contribution is 0.144. The second-order valence-corrected chi connectivity index (χ2v) is 8.18. The number of anilines is 2. The maximum atomic E-state index is 12.9. The van der Waals surface area contributed by atoms with Gasteiger partial charge in [0.25, 0.3) is 10.0 Å². The number of nitrogens with one attached hydrogen (secondary N) is 1. The molecule has 2 aromatic heterocycles. The highest BCUT2D eigenvalue weighted by Gasteiger charge is 2.30. The Hall–Kier alpha value is -3.34. The summed E-state index contributed by atoms with van der Waals surface area (Å²) in [6.07, 6.45) is 2.55. The van der Waals surface area contributed by atoms with E-state index in [9.17, 15) is 18.3 Å². The molecule has 10 nitrogen and oxygen atoms in total. The predicted molar refractivity (Wildman–Crippen MR) is 102 cm³/mol. The molecule has 146 valence electrons. The van der Waals surface area contributed by atoms with Crippen LogP contribution in [0.25, 0.3) is 11.0 Å². The Morgan fingerprint density at radius 2 is 2.00 bits per heavy atom. The SMILES string of the molecule is Nc1cnc2c(cnn2S(=O)(=O)c2ccccc2)c1NC1CCCN1C(=O)O. The molecule has 1 aliphatic rings. The number of carboxylic acid groups (broad SMARTS) is 1. The molecule has 28 heavy (non-hydrogen) atoms. The van der Waals surface area contributed by atoms with E-state index in [1.165, 1.54) is 29.4 Å². The molecule has 0 bridgehead atoms. The Morgan fingerprint density at radius 3 is 2.71 bits per heavy atom. The van der Waals surface area contributed by atoms with Crippen LogP contribution in [0.4, 0.5) is 16.2 Å². The van der Waals surface area contributed by atoms with Crippen LogP contribution in [0, 0.1) is 0 Å². The summed E-state index contributed by atoms with van der Waals surface area (Å²) in [5, 5.41) is 16.9. The van der Waals surface area contributed by atoms with Crippen LogP contribution in [0.2, 0.25) is 0 Å². The van der Waals surface area contributed by atoms with E-state index in [1.54, 1.807) is 18.2 Å². The molecule has 1 fully saturated rings. The zero-order valence-electron chi connectivity index (χ0n) is 14.7. The van der Waals surface area contributed by atoms with Gasteiger partial charge in [0, 0.05) is 6.54 Å². The van der Waals surface area contributed by atoms with Crippen molar-refractivity contribution in [2.45, 2.75) is 23.9 Å². The molecule has 1 atom stereocenters. The van der Waals surface area contributed by atoms with Crippen LogP contribution in [0.5, 0.6) is 0 Å². The normalized spacial score (nSPS) is 17.1. The molecule has 0 saturated carbocycles. The molecule has 3 heterocycles. The van der Waals surface area contributed by atoms with Crippen molar-refractivity contribution >= 4 is 38.5 Å². The number of aromatic nitrogens is 3. The minimum absolute atomic E-state index is 0.0842. The highest BCUT2D eigenvalue weighted by molar-refractivity contribution is 7.90. The highest BCUT2D eigenvalue weighted by atomic mass is 32.2. The van der Waals surface area contributed by atoms with Gasteiger partial charge in [0.2, 0.25) is 0 Å². The van der Waals surface area contributed by atoms with Gasteiger partial charge < -0.3 is 16.2 Å². The van der Waals surface area contributed by atoms with Crippen LogP contribution in [0.1, 0.15) is 12.8 Å².